The van der Waals surface area contributed by atoms with Crippen molar-refractivity contribution in [3.63, 3.8) is 0 Å². The van der Waals surface area contributed by atoms with Crippen LogP contribution in [0.1, 0.15) is 0 Å². The van der Waals surface area contributed by atoms with Gasteiger partial charge >= 0.3 is 0 Å². The zero-order chi connectivity index (χ0) is 20.1. The highest BCUT2D eigenvalue weighted by molar-refractivity contribution is 7.89. The van der Waals surface area contributed by atoms with Gasteiger partial charge in [0.05, 0.1) is 22.0 Å². The second kappa shape index (κ2) is 8.57. The Morgan fingerprint density at radius 2 is 1.37 bits per heavy atom. The van der Waals surface area contributed by atoms with E-state index >= 15 is 0 Å². The summed E-state index contributed by atoms with van der Waals surface area (Å²) in [6, 6.07) is 13.1. The number of nitrogens with zero attached hydrogens (tertiary/aromatic N) is 3. The van der Waals surface area contributed by atoms with Crippen LogP contribution in [0.25, 0.3) is 0 Å². The van der Waals surface area contributed by atoms with Crippen molar-refractivity contribution in [2.24, 2.45) is 10.2 Å². The summed E-state index contributed by atoms with van der Waals surface area (Å²) in [5.74, 6) is -0.703. The molecule has 27 heavy (non-hydrogen) atoms. The van der Waals surface area contributed by atoms with Crippen molar-refractivity contribution in [2.45, 2.75) is 4.90 Å². The van der Waals surface area contributed by atoms with Crippen LogP contribution in [0.2, 0.25) is 0 Å². The fourth-order valence-electron chi connectivity index (χ4n) is 2.01. The molecule has 0 aliphatic heterocycles. The summed E-state index contributed by atoms with van der Waals surface area (Å²) >= 11 is 0. The van der Waals surface area contributed by atoms with Gasteiger partial charge in [0, 0.05) is 26.3 Å². The minimum Gasteiger partial charge on any atom is -0.378 e. The maximum Gasteiger partial charge on any atom is 0.266 e. The predicted molar refractivity (Wildman–Crippen MR) is 103 cm³/mol. The van der Waals surface area contributed by atoms with Gasteiger partial charge in [-0.3, -0.25) is 4.55 Å². The average molecular weight is 412 g/mol. The molecule has 146 valence electrons. The van der Waals surface area contributed by atoms with Gasteiger partial charge in [0.1, 0.15) is 0 Å². The highest BCUT2D eigenvalue weighted by Gasteiger charge is 2.15. The molecule has 2 N–H and O–H groups in total. The normalized spacial score (nSPS) is 12.4. The molecule has 0 spiro atoms. The summed E-state index contributed by atoms with van der Waals surface area (Å²) in [6.45, 7) is -0.425. The molecule has 0 aliphatic carbocycles. The third-order valence-electron chi connectivity index (χ3n) is 3.45. The van der Waals surface area contributed by atoms with E-state index in [2.05, 4.69) is 15.0 Å². The molecule has 0 aromatic heterocycles. The first-order valence-corrected chi connectivity index (χ1v) is 10.9. The van der Waals surface area contributed by atoms with E-state index in [9.17, 15) is 16.8 Å². The molecule has 2 aromatic carbocycles. The summed E-state index contributed by atoms with van der Waals surface area (Å²) in [5, 5.41) is 8.14. The molecule has 0 fully saturated rings. The van der Waals surface area contributed by atoms with Crippen LogP contribution >= 0.6 is 0 Å². The lowest BCUT2D eigenvalue weighted by atomic mass is 10.3. The summed E-state index contributed by atoms with van der Waals surface area (Å²) in [5.41, 5.74) is 2.15. The number of nitrogens with one attached hydrogen (secondary N) is 1. The second-order valence-corrected chi connectivity index (χ2v) is 9.13. The van der Waals surface area contributed by atoms with E-state index in [1.807, 2.05) is 43.3 Å². The summed E-state index contributed by atoms with van der Waals surface area (Å²) in [6.07, 6.45) is 0. The van der Waals surface area contributed by atoms with Gasteiger partial charge in [0.2, 0.25) is 10.0 Å². The Hall–Kier alpha value is -2.34. The average Bonchev–Trinajstić information content (AvgIpc) is 2.59. The van der Waals surface area contributed by atoms with Crippen LogP contribution in [0.4, 0.5) is 17.1 Å². The van der Waals surface area contributed by atoms with Crippen molar-refractivity contribution in [1.29, 1.82) is 0 Å². The SMILES string of the molecule is CN(C)c1ccc(N=Nc2ccc(S(=O)(=O)NCCS(=O)(=O)O)cc2)cc1. The van der Waals surface area contributed by atoms with E-state index in [4.69, 9.17) is 4.55 Å². The van der Waals surface area contributed by atoms with Crippen molar-refractivity contribution in [3.8, 4) is 0 Å². The number of rotatable bonds is 8. The van der Waals surface area contributed by atoms with E-state index in [0.717, 1.165) is 5.69 Å². The van der Waals surface area contributed by atoms with Crippen LogP contribution in [0.15, 0.2) is 63.7 Å². The van der Waals surface area contributed by atoms with Gasteiger partial charge in [-0.05, 0) is 48.5 Å². The summed E-state index contributed by atoms with van der Waals surface area (Å²) in [7, 11) is -4.25. The van der Waals surface area contributed by atoms with Crippen molar-refractivity contribution in [1.82, 2.24) is 4.72 Å². The molecular weight excluding hydrogens is 392 g/mol. The first-order valence-electron chi connectivity index (χ1n) is 7.81. The van der Waals surface area contributed by atoms with Gasteiger partial charge in [0.25, 0.3) is 10.1 Å². The predicted octanol–water partition coefficient (Wildman–Crippen LogP) is 2.33. The Morgan fingerprint density at radius 3 is 1.81 bits per heavy atom. The van der Waals surface area contributed by atoms with E-state index in [-0.39, 0.29) is 4.90 Å². The Balaban J connectivity index is 2.03. The van der Waals surface area contributed by atoms with Crippen molar-refractivity contribution < 1.29 is 21.4 Å². The molecule has 0 unspecified atom stereocenters. The standard InChI is InChI=1S/C16H20N4O5S2/c1-20(2)15-7-3-13(4-8-15)18-19-14-5-9-16(10-6-14)27(24,25)17-11-12-26(21,22)23/h3-10,17H,11-12H2,1-2H3,(H,21,22,23). The van der Waals surface area contributed by atoms with Crippen LogP contribution in [0, 0.1) is 0 Å². The third-order valence-corrected chi connectivity index (χ3v) is 5.64. The van der Waals surface area contributed by atoms with Gasteiger partial charge in [-0.1, -0.05) is 0 Å². The van der Waals surface area contributed by atoms with Crippen molar-refractivity contribution in [2.75, 3.05) is 31.3 Å². The highest BCUT2D eigenvalue weighted by atomic mass is 32.2. The van der Waals surface area contributed by atoms with E-state index < -0.39 is 32.4 Å². The lowest BCUT2D eigenvalue weighted by Crippen LogP contribution is -2.29. The second-order valence-electron chi connectivity index (χ2n) is 5.79. The zero-order valence-corrected chi connectivity index (χ0v) is 16.4. The number of sulfonamides is 1. The first kappa shape index (κ1) is 21.0. The zero-order valence-electron chi connectivity index (χ0n) is 14.8. The Labute approximate surface area is 158 Å². The molecule has 0 saturated heterocycles. The minimum absolute atomic E-state index is 0.0490. The van der Waals surface area contributed by atoms with Gasteiger partial charge in [-0.15, -0.1) is 0 Å². The fraction of sp³-hybridized carbons (Fsp3) is 0.250. The Bertz CT molecular complexity index is 1000. The molecule has 0 saturated carbocycles. The fourth-order valence-corrected chi connectivity index (χ4v) is 3.53. The van der Waals surface area contributed by atoms with Crippen LogP contribution in [-0.2, 0) is 20.1 Å². The topological polar surface area (TPSA) is 128 Å². The smallest absolute Gasteiger partial charge is 0.266 e. The number of azo groups is 1. The van der Waals surface area contributed by atoms with Crippen molar-refractivity contribution in [3.05, 3.63) is 48.5 Å². The minimum atomic E-state index is -4.23. The van der Waals surface area contributed by atoms with E-state index in [0.29, 0.717) is 11.4 Å². The molecule has 0 atom stereocenters. The van der Waals surface area contributed by atoms with Gasteiger partial charge in [0.15, 0.2) is 0 Å². The van der Waals surface area contributed by atoms with Crippen molar-refractivity contribution >= 4 is 37.2 Å². The quantitative estimate of drug-likeness (QED) is 0.506. The molecule has 0 aliphatic rings. The Morgan fingerprint density at radius 1 is 0.889 bits per heavy atom. The van der Waals surface area contributed by atoms with Crippen LogP contribution in [0.5, 0.6) is 0 Å². The maximum atomic E-state index is 12.0. The number of benzene rings is 2. The lowest BCUT2D eigenvalue weighted by Gasteiger charge is -2.11. The Kier molecular flexibility index (Phi) is 6.65. The molecular formula is C16H20N4O5S2. The molecule has 9 nitrogen and oxygen atoms in total. The maximum absolute atomic E-state index is 12.0. The van der Waals surface area contributed by atoms with Gasteiger partial charge < -0.3 is 4.90 Å². The molecule has 11 heteroatoms. The summed E-state index contributed by atoms with van der Waals surface area (Å²) in [4.78, 5) is 1.91. The van der Waals surface area contributed by atoms with Crippen LogP contribution in [-0.4, -0.2) is 47.8 Å². The molecule has 0 heterocycles. The van der Waals surface area contributed by atoms with Gasteiger partial charge in [-0.25, -0.2) is 13.1 Å². The highest BCUT2D eigenvalue weighted by Crippen LogP contribution is 2.22. The third kappa shape index (κ3) is 6.71. The number of hydrogen-bond acceptors (Lipinski definition) is 7. The lowest BCUT2D eigenvalue weighted by molar-refractivity contribution is 0.482. The molecule has 0 amide bonds. The monoisotopic (exact) mass is 412 g/mol. The largest absolute Gasteiger partial charge is 0.378 e. The molecule has 2 rings (SSSR count). The molecule has 0 bridgehead atoms. The summed E-state index contributed by atoms with van der Waals surface area (Å²) < 4.78 is 56.1. The number of anilines is 1. The first-order chi connectivity index (χ1) is 12.6. The molecule has 0 radical (unpaired) electrons. The van der Waals surface area contributed by atoms with Gasteiger partial charge in [-0.2, -0.15) is 18.6 Å². The van der Waals surface area contributed by atoms with E-state index in [1.165, 1.54) is 24.3 Å². The van der Waals surface area contributed by atoms with Crippen LogP contribution in [0.3, 0.4) is 0 Å². The number of hydrogen-bond donors (Lipinski definition) is 2. The van der Waals surface area contributed by atoms with Crippen LogP contribution < -0.4 is 9.62 Å². The molecule has 2 aromatic rings. The van der Waals surface area contributed by atoms with E-state index in [1.54, 1.807) is 0 Å².